The third-order valence-corrected chi connectivity index (χ3v) is 6.23. The largest absolute Gasteiger partial charge is 0.466 e. The predicted octanol–water partition coefficient (Wildman–Crippen LogP) is 3.79. The van der Waals surface area contributed by atoms with Crippen LogP contribution >= 0.6 is 0 Å². The fraction of sp³-hybridized carbons (Fsp3) is 0.652. The minimum atomic E-state index is -0.0918. The van der Waals surface area contributed by atoms with E-state index < -0.39 is 0 Å². The van der Waals surface area contributed by atoms with E-state index in [1.807, 2.05) is 19.1 Å². The number of rotatable bonds is 7. The van der Waals surface area contributed by atoms with Gasteiger partial charge in [0.2, 0.25) is 0 Å². The van der Waals surface area contributed by atoms with Gasteiger partial charge in [-0.2, -0.15) is 0 Å². The maximum Gasteiger partial charge on any atom is 0.305 e. The van der Waals surface area contributed by atoms with E-state index in [2.05, 4.69) is 22.8 Å². The molecule has 5 nitrogen and oxygen atoms in total. The van der Waals surface area contributed by atoms with Gasteiger partial charge < -0.3 is 15.4 Å². The lowest BCUT2D eigenvalue weighted by Crippen LogP contribution is -2.37. The van der Waals surface area contributed by atoms with Gasteiger partial charge in [0.25, 0.3) is 5.91 Å². The lowest BCUT2D eigenvalue weighted by Gasteiger charge is -2.29. The molecule has 154 valence electrons. The molecule has 0 unspecified atom stereocenters. The van der Waals surface area contributed by atoms with Crippen LogP contribution in [-0.4, -0.2) is 37.6 Å². The SMILES string of the molecule is CCOC(=O)CCC1CCC(NC(=O)c2ccc(C3CCNCC3)cc2)CC1. The lowest BCUT2D eigenvalue weighted by atomic mass is 9.83. The summed E-state index contributed by atoms with van der Waals surface area (Å²) in [5, 5.41) is 6.59. The lowest BCUT2D eigenvalue weighted by molar-refractivity contribution is -0.143. The second kappa shape index (κ2) is 10.6. The Morgan fingerprint density at radius 3 is 2.36 bits per heavy atom. The summed E-state index contributed by atoms with van der Waals surface area (Å²) in [6.07, 6.45) is 7.88. The van der Waals surface area contributed by atoms with Crippen molar-refractivity contribution in [3.05, 3.63) is 35.4 Å². The van der Waals surface area contributed by atoms with E-state index >= 15 is 0 Å². The van der Waals surface area contributed by atoms with Crippen molar-refractivity contribution in [3.8, 4) is 0 Å². The number of ether oxygens (including phenoxy) is 1. The fourth-order valence-electron chi connectivity index (χ4n) is 4.48. The molecule has 2 aliphatic rings. The Kier molecular flexibility index (Phi) is 7.90. The predicted molar refractivity (Wildman–Crippen MR) is 110 cm³/mol. The molecule has 2 fully saturated rings. The van der Waals surface area contributed by atoms with Crippen LogP contribution in [0, 0.1) is 5.92 Å². The van der Waals surface area contributed by atoms with Crippen LogP contribution < -0.4 is 10.6 Å². The Labute approximate surface area is 168 Å². The van der Waals surface area contributed by atoms with Gasteiger partial charge >= 0.3 is 5.97 Å². The normalized spacial score (nSPS) is 23.2. The van der Waals surface area contributed by atoms with Gasteiger partial charge in [-0.25, -0.2) is 0 Å². The molecule has 1 saturated heterocycles. The van der Waals surface area contributed by atoms with Gasteiger partial charge in [-0.05, 0) is 94.5 Å². The van der Waals surface area contributed by atoms with Gasteiger partial charge in [-0.15, -0.1) is 0 Å². The zero-order valence-electron chi connectivity index (χ0n) is 17.0. The van der Waals surface area contributed by atoms with Crippen LogP contribution in [0.15, 0.2) is 24.3 Å². The molecule has 3 rings (SSSR count). The van der Waals surface area contributed by atoms with Gasteiger partial charge in [0.05, 0.1) is 6.61 Å². The second-order valence-electron chi connectivity index (χ2n) is 8.18. The average molecular weight is 387 g/mol. The minimum Gasteiger partial charge on any atom is -0.466 e. The summed E-state index contributed by atoms with van der Waals surface area (Å²) in [5.74, 6) is 1.13. The first kappa shape index (κ1) is 20.8. The van der Waals surface area contributed by atoms with Gasteiger partial charge in [-0.3, -0.25) is 9.59 Å². The summed E-state index contributed by atoms with van der Waals surface area (Å²) in [4.78, 5) is 24.1. The van der Waals surface area contributed by atoms with Crippen molar-refractivity contribution in [1.29, 1.82) is 0 Å². The van der Waals surface area contributed by atoms with Gasteiger partial charge in [0.1, 0.15) is 0 Å². The van der Waals surface area contributed by atoms with E-state index in [0.717, 1.165) is 50.8 Å². The molecule has 0 atom stereocenters. The highest BCUT2D eigenvalue weighted by Gasteiger charge is 2.23. The maximum atomic E-state index is 12.6. The number of hydrogen-bond donors (Lipinski definition) is 2. The number of nitrogens with one attached hydrogen (secondary N) is 2. The molecule has 1 aromatic carbocycles. The first-order chi connectivity index (χ1) is 13.7. The molecule has 1 aromatic rings. The zero-order chi connectivity index (χ0) is 19.8. The van der Waals surface area contributed by atoms with E-state index in [0.29, 0.717) is 24.9 Å². The minimum absolute atomic E-state index is 0.0341. The van der Waals surface area contributed by atoms with Crippen molar-refractivity contribution >= 4 is 11.9 Å². The van der Waals surface area contributed by atoms with E-state index in [4.69, 9.17) is 4.74 Å². The standard InChI is InChI=1S/C23H34N2O3/c1-2-28-22(26)12-5-17-3-10-21(11-4-17)25-23(27)20-8-6-18(7-9-20)19-13-15-24-16-14-19/h6-9,17,19,21,24H,2-5,10-16H2,1H3,(H,25,27). The zero-order valence-corrected chi connectivity index (χ0v) is 17.0. The van der Waals surface area contributed by atoms with E-state index in [9.17, 15) is 9.59 Å². The first-order valence-corrected chi connectivity index (χ1v) is 10.9. The number of piperidine rings is 1. The summed E-state index contributed by atoms with van der Waals surface area (Å²) in [6.45, 7) is 4.45. The third kappa shape index (κ3) is 6.06. The van der Waals surface area contributed by atoms with Crippen molar-refractivity contribution < 1.29 is 14.3 Å². The Morgan fingerprint density at radius 1 is 1.04 bits per heavy atom. The molecule has 1 aliphatic carbocycles. The molecule has 5 heteroatoms. The molecule has 1 saturated carbocycles. The second-order valence-corrected chi connectivity index (χ2v) is 8.18. The molecule has 0 radical (unpaired) electrons. The van der Waals surface area contributed by atoms with Crippen molar-refractivity contribution in [2.24, 2.45) is 5.92 Å². The quantitative estimate of drug-likeness (QED) is 0.700. The Bertz CT molecular complexity index is 630. The Hall–Kier alpha value is -1.88. The van der Waals surface area contributed by atoms with Crippen molar-refractivity contribution in [3.63, 3.8) is 0 Å². The highest BCUT2D eigenvalue weighted by molar-refractivity contribution is 5.94. The smallest absolute Gasteiger partial charge is 0.305 e. The van der Waals surface area contributed by atoms with Crippen LogP contribution in [0.1, 0.15) is 80.1 Å². The van der Waals surface area contributed by atoms with Gasteiger partial charge in [0.15, 0.2) is 0 Å². The van der Waals surface area contributed by atoms with Gasteiger partial charge in [-0.1, -0.05) is 12.1 Å². The molecule has 2 N–H and O–H groups in total. The van der Waals surface area contributed by atoms with Crippen molar-refractivity contribution in [1.82, 2.24) is 10.6 Å². The number of hydrogen-bond acceptors (Lipinski definition) is 4. The molecule has 0 bridgehead atoms. The van der Waals surface area contributed by atoms with Gasteiger partial charge in [0, 0.05) is 18.0 Å². The Balaban J connectivity index is 1.41. The molecule has 0 spiro atoms. The third-order valence-electron chi connectivity index (χ3n) is 6.23. The van der Waals surface area contributed by atoms with E-state index in [1.165, 1.54) is 18.4 Å². The van der Waals surface area contributed by atoms with Crippen LogP contribution in [0.5, 0.6) is 0 Å². The topological polar surface area (TPSA) is 67.4 Å². The number of esters is 1. The Morgan fingerprint density at radius 2 is 1.71 bits per heavy atom. The highest BCUT2D eigenvalue weighted by atomic mass is 16.5. The highest BCUT2D eigenvalue weighted by Crippen LogP contribution is 2.28. The molecular weight excluding hydrogens is 352 g/mol. The fourth-order valence-corrected chi connectivity index (χ4v) is 4.48. The van der Waals surface area contributed by atoms with Crippen molar-refractivity contribution in [2.45, 2.75) is 70.3 Å². The van der Waals surface area contributed by atoms with Crippen LogP contribution in [0.2, 0.25) is 0 Å². The van der Waals surface area contributed by atoms with Crippen molar-refractivity contribution in [2.75, 3.05) is 19.7 Å². The number of benzene rings is 1. The molecule has 1 aliphatic heterocycles. The molecule has 1 heterocycles. The molecule has 28 heavy (non-hydrogen) atoms. The maximum absolute atomic E-state index is 12.6. The van der Waals surface area contributed by atoms with Crippen LogP contribution in [0.4, 0.5) is 0 Å². The van der Waals surface area contributed by atoms with E-state index in [-0.39, 0.29) is 17.9 Å². The molecule has 1 amide bonds. The van der Waals surface area contributed by atoms with Crippen LogP contribution in [0.25, 0.3) is 0 Å². The van der Waals surface area contributed by atoms with Crippen LogP contribution in [0.3, 0.4) is 0 Å². The summed E-state index contributed by atoms with van der Waals surface area (Å²) in [7, 11) is 0. The molecular formula is C23H34N2O3. The summed E-state index contributed by atoms with van der Waals surface area (Å²) < 4.78 is 5.00. The van der Waals surface area contributed by atoms with E-state index in [1.54, 1.807) is 0 Å². The summed E-state index contributed by atoms with van der Waals surface area (Å²) in [6, 6.07) is 8.43. The first-order valence-electron chi connectivity index (χ1n) is 10.9. The number of carbonyl (C=O) groups is 2. The monoisotopic (exact) mass is 386 g/mol. The van der Waals surface area contributed by atoms with Crippen LogP contribution in [-0.2, 0) is 9.53 Å². The average Bonchev–Trinajstić information content (AvgIpc) is 2.74. The summed E-state index contributed by atoms with van der Waals surface area (Å²) in [5.41, 5.74) is 2.10. The summed E-state index contributed by atoms with van der Waals surface area (Å²) >= 11 is 0. The number of carbonyl (C=O) groups excluding carboxylic acids is 2. The molecule has 0 aromatic heterocycles. The number of amides is 1.